The zero-order chi connectivity index (χ0) is 7.40. The summed E-state index contributed by atoms with van der Waals surface area (Å²) in [6.45, 7) is 2.16. The summed E-state index contributed by atoms with van der Waals surface area (Å²) in [4.78, 5) is 4.26. The molecule has 0 saturated carbocycles. The van der Waals surface area contributed by atoms with Crippen LogP contribution in [-0.4, -0.2) is 4.98 Å². The molecular weight excluding hydrogens is 237 g/mol. The van der Waals surface area contributed by atoms with Gasteiger partial charge in [0.25, 0.3) is 0 Å². The van der Waals surface area contributed by atoms with Gasteiger partial charge in [0.05, 0.1) is 5.69 Å². The van der Waals surface area contributed by atoms with Crippen molar-refractivity contribution in [2.75, 3.05) is 0 Å². The summed E-state index contributed by atoms with van der Waals surface area (Å²) in [5.41, 5.74) is 2.60. The van der Waals surface area contributed by atoms with Gasteiger partial charge < -0.3 is 0 Å². The summed E-state index contributed by atoms with van der Waals surface area (Å²) in [5.74, 6) is 0. The molecule has 1 nitrogen and oxygen atoms in total. The molecule has 0 atom stereocenters. The largest absolute Gasteiger partial charge is 0.260 e. The molecule has 1 aromatic heterocycles. The molecule has 0 amide bonds. The third kappa shape index (κ3) is 1.68. The monoisotopic (exact) mass is 247 g/mol. The molecule has 1 rings (SSSR count). The van der Waals surface area contributed by atoms with Crippen LogP contribution in [0.3, 0.4) is 0 Å². The van der Waals surface area contributed by atoms with Crippen LogP contribution in [0.4, 0.5) is 0 Å². The molecule has 10 heavy (non-hydrogen) atoms. The molecule has 0 spiro atoms. The number of aromatic nitrogens is 1. The molecule has 0 N–H and O–H groups in total. The molecule has 54 valence electrons. The van der Waals surface area contributed by atoms with Gasteiger partial charge in [-0.3, -0.25) is 4.98 Å². The van der Waals surface area contributed by atoms with Gasteiger partial charge in [0.2, 0.25) is 0 Å². The van der Waals surface area contributed by atoms with E-state index in [0.717, 1.165) is 10.8 Å². The van der Waals surface area contributed by atoms with Crippen LogP contribution < -0.4 is 0 Å². The molecule has 1 aromatic rings. The molecule has 1 heterocycles. The number of aryl methyl sites for hydroxylation is 1. The van der Waals surface area contributed by atoms with Crippen molar-refractivity contribution in [2.45, 2.75) is 17.8 Å². The SMILES string of the molecule is CCc1cccnc1CI. The number of alkyl halides is 1. The van der Waals surface area contributed by atoms with Crippen molar-refractivity contribution in [1.82, 2.24) is 4.98 Å². The van der Waals surface area contributed by atoms with Crippen LogP contribution in [0, 0.1) is 0 Å². The molecule has 0 saturated heterocycles. The first-order valence-electron chi connectivity index (χ1n) is 3.37. The van der Waals surface area contributed by atoms with Gasteiger partial charge in [0.15, 0.2) is 0 Å². The van der Waals surface area contributed by atoms with Crippen LogP contribution in [0.2, 0.25) is 0 Å². The van der Waals surface area contributed by atoms with Crippen LogP contribution in [0.1, 0.15) is 18.2 Å². The highest BCUT2D eigenvalue weighted by Crippen LogP contribution is 2.09. The van der Waals surface area contributed by atoms with Gasteiger partial charge >= 0.3 is 0 Å². The predicted octanol–water partition coefficient (Wildman–Crippen LogP) is 2.58. The predicted molar refractivity (Wildman–Crippen MR) is 51.3 cm³/mol. The Labute approximate surface area is 75.0 Å². The summed E-state index contributed by atoms with van der Waals surface area (Å²) in [7, 11) is 0. The molecule has 0 aliphatic carbocycles. The number of hydrogen-bond donors (Lipinski definition) is 0. The van der Waals surface area contributed by atoms with E-state index in [0.29, 0.717) is 0 Å². The van der Waals surface area contributed by atoms with Crippen molar-refractivity contribution in [3.05, 3.63) is 29.6 Å². The van der Waals surface area contributed by atoms with E-state index in [2.05, 4.69) is 40.6 Å². The van der Waals surface area contributed by atoms with Crippen LogP contribution >= 0.6 is 22.6 Å². The maximum atomic E-state index is 4.26. The average Bonchev–Trinajstić information content (AvgIpc) is 2.04. The first kappa shape index (κ1) is 7.98. The first-order valence-corrected chi connectivity index (χ1v) is 4.89. The molecule has 0 unspecified atom stereocenters. The van der Waals surface area contributed by atoms with Gasteiger partial charge in [-0.1, -0.05) is 35.6 Å². The van der Waals surface area contributed by atoms with E-state index >= 15 is 0 Å². The first-order chi connectivity index (χ1) is 4.88. The normalized spacial score (nSPS) is 9.80. The van der Waals surface area contributed by atoms with Crippen LogP contribution in [0.25, 0.3) is 0 Å². The van der Waals surface area contributed by atoms with Crippen molar-refractivity contribution in [1.29, 1.82) is 0 Å². The quantitative estimate of drug-likeness (QED) is 0.578. The summed E-state index contributed by atoms with van der Waals surface area (Å²) in [6.07, 6.45) is 2.94. The van der Waals surface area contributed by atoms with E-state index in [1.807, 2.05) is 12.3 Å². The van der Waals surface area contributed by atoms with Gasteiger partial charge in [-0.25, -0.2) is 0 Å². The van der Waals surface area contributed by atoms with Gasteiger partial charge in [-0.2, -0.15) is 0 Å². The molecule has 0 aliphatic heterocycles. The third-order valence-electron chi connectivity index (χ3n) is 1.49. The lowest BCUT2D eigenvalue weighted by Crippen LogP contribution is -1.91. The Morgan fingerprint density at radius 3 is 2.90 bits per heavy atom. The van der Waals surface area contributed by atoms with Gasteiger partial charge in [0.1, 0.15) is 0 Å². The van der Waals surface area contributed by atoms with Crippen molar-refractivity contribution in [3.8, 4) is 0 Å². The van der Waals surface area contributed by atoms with Crippen molar-refractivity contribution < 1.29 is 0 Å². The number of hydrogen-bond acceptors (Lipinski definition) is 1. The zero-order valence-corrected chi connectivity index (χ0v) is 8.13. The van der Waals surface area contributed by atoms with E-state index in [1.165, 1.54) is 11.3 Å². The Bertz CT molecular complexity index is 187. The van der Waals surface area contributed by atoms with Crippen molar-refractivity contribution >= 4 is 22.6 Å². The van der Waals surface area contributed by atoms with Crippen molar-refractivity contribution in [3.63, 3.8) is 0 Å². The highest BCUT2D eigenvalue weighted by Gasteiger charge is 1.96. The number of nitrogens with zero attached hydrogens (tertiary/aromatic N) is 1. The summed E-state index contributed by atoms with van der Waals surface area (Å²) in [6, 6.07) is 4.13. The number of halogens is 1. The highest BCUT2D eigenvalue weighted by atomic mass is 127. The number of pyridine rings is 1. The van der Waals surface area contributed by atoms with Crippen LogP contribution in [0.15, 0.2) is 18.3 Å². The van der Waals surface area contributed by atoms with E-state index in [4.69, 9.17) is 0 Å². The van der Waals surface area contributed by atoms with E-state index in [9.17, 15) is 0 Å². The second kappa shape index (κ2) is 3.91. The van der Waals surface area contributed by atoms with E-state index in [-0.39, 0.29) is 0 Å². The Morgan fingerprint density at radius 2 is 2.40 bits per heavy atom. The minimum absolute atomic E-state index is 1.02. The van der Waals surface area contributed by atoms with Crippen molar-refractivity contribution in [2.24, 2.45) is 0 Å². The van der Waals surface area contributed by atoms with Gasteiger partial charge in [-0.15, -0.1) is 0 Å². The maximum absolute atomic E-state index is 4.26. The summed E-state index contributed by atoms with van der Waals surface area (Å²) >= 11 is 2.34. The Balaban J connectivity index is 2.96. The third-order valence-corrected chi connectivity index (χ3v) is 2.21. The average molecular weight is 247 g/mol. The lowest BCUT2D eigenvalue weighted by Gasteiger charge is -2.00. The lowest BCUT2D eigenvalue weighted by molar-refractivity contribution is 1.04. The smallest absolute Gasteiger partial charge is 0.0532 e. The van der Waals surface area contributed by atoms with E-state index < -0.39 is 0 Å². The van der Waals surface area contributed by atoms with Gasteiger partial charge in [-0.05, 0) is 18.1 Å². The molecule has 0 radical (unpaired) electrons. The zero-order valence-electron chi connectivity index (χ0n) is 5.97. The molecule has 0 fully saturated rings. The molecule has 0 aliphatic rings. The lowest BCUT2D eigenvalue weighted by atomic mass is 10.2. The standard InChI is InChI=1S/C8H10IN/c1-2-7-4-3-5-10-8(7)6-9/h3-5H,2,6H2,1H3. The fraction of sp³-hybridized carbons (Fsp3) is 0.375. The summed E-state index contributed by atoms with van der Waals surface area (Å²) < 4.78 is 1.02. The molecule has 0 aromatic carbocycles. The Morgan fingerprint density at radius 1 is 1.60 bits per heavy atom. The van der Waals surface area contributed by atoms with E-state index in [1.54, 1.807) is 0 Å². The van der Waals surface area contributed by atoms with Crippen LogP contribution in [-0.2, 0) is 10.8 Å². The minimum atomic E-state index is 1.02. The maximum Gasteiger partial charge on any atom is 0.0532 e. The minimum Gasteiger partial charge on any atom is -0.260 e. The van der Waals surface area contributed by atoms with Gasteiger partial charge in [0, 0.05) is 10.6 Å². The number of rotatable bonds is 2. The van der Waals surface area contributed by atoms with Crippen LogP contribution in [0.5, 0.6) is 0 Å². The molecule has 0 bridgehead atoms. The second-order valence-electron chi connectivity index (χ2n) is 2.10. The summed E-state index contributed by atoms with van der Waals surface area (Å²) in [5, 5.41) is 0. The molecule has 2 heteroatoms. The molecular formula is C8H10IN. The second-order valence-corrected chi connectivity index (χ2v) is 2.86. The Kier molecular flexibility index (Phi) is 3.12. The Hall–Kier alpha value is -0.120. The fourth-order valence-electron chi connectivity index (χ4n) is 0.914. The highest BCUT2D eigenvalue weighted by molar-refractivity contribution is 14.1. The topological polar surface area (TPSA) is 12.9 Å². The fourth-order valence-corrected chi connectivity index (χ4v) is 1.60.